The van der Waals surface area contributed by atoms with Crippen molar-refractivity contribution in [2.45, 2.75) is 19.8 Å². The number of aromatic hydroxyl groups is 1. The van der Waals surface area contributed by atoms with Crippen molar-refractivity contribution in [3.8, 4) is 5.75 Å². The second-order valence-corrected chi connectivity index (χ2v) is 5.61. The van der Waals surface area contributed by atoms with Crippen molar-refractivity contribution in [1.29, 1.82) is 0 Å². The number of rotatable bonds is 4. The first kappa shape index (κ1) is 14.6. The highest BCUT2D eigenvalue weighted by atomic mass is 16.3. The van der Waals surface area contributed by atoms with Gasteiger partial charge < -0.3 is 10.0 Å². The van der Waals surface area contributed by atoms with E-state index in [4.69, 9.17) is 0 Å². The molecule has 0 aromatic heterocycles. The molecule has 0 saturated carbocycles. The number of fused-ring (bicyclic) bond motifs is 1. The maximum absolute atomic E-state index is 10.6. The Labute approximate surface area is 121 Å². The number of phenols is 1. The molecule has 2 heteroatoms. The van der Waals surface area contributed by atoms with Gasteiger partial charge in [-0.15, -0.1) is 0 Å². The lowest BCUT2D eigenvalue weighted by molar-refractivity contribution is 0.376. The quantitative estimate of drug-likeness (QED) is 0.897. The predicted molar refractivity (Wildman–Crippen MR) is 87.3 cm³/mol. The molecule has 2 aromatic carbocycles. The van der Waals surface area contributed by atoms with Crippen LogP contribution < -0.4 is 0 Å². The number of phenolic OH excluding ortho intramolecular Hbond substituents is 1. The molecular weight excluding hydrogens is 246 g/mol. The van der Waals surface area contributed by atoms with Crippen LogP contribution in [0.4, 0.5) is 0 Å². The molecule has 0 aliphatic rings. The standard InChI is InChI=1S/C18H23NO/c1-5-8-15-11-14-9-6-7-10-16(14)17(18(15)20)13(2)12-19(3)4/h5-11,13,20H,12H2,1-4H3. The molecule has 2 aromatic rings. The number of likely N-dealkylation sites (N-methyl/N-ethyl adjacent to an activating group) is 1. The summed E-state index contributed by atoms with van der Waals surface area (Å²) in [5.41, 5.74) is 1.94. The average Bonchev–Trinajstić information content (AvgIpc) is 2.39. The van der Waals surface area contributed by atoms with Crippen molar-refractivity contribution >= 4 is 16.8 Å². The molecule has 0 bridgehead atoms. The predicted octanol–water partition coefficient (Wildman–Crippen LogP) is 4.24. The van der Waals surface area contributed by atoms with Crippen LogP contribution in [-0.2, 0) is 0 Å². The minimum Gasteiger partial charge on any atom is -0.507 e. The van der Waals surface area contributed by atoms with Gasteiger partial charge in [0.2, 0.25) is 0 Å². The van der Waals surface area contributed by atoms with Gasteiger partial charge in [0.25, 0.3) is 0 Å². The van der Waals surface area contributed by atoms with Crippen molar-refractivity contribution in [3.05, 3.63) is 47.5 Å². The van der Waals surface area contributed by atoms with Crippen LogP contribution >= 0.6 is 0 Å². The summed E-state index contributed by atoms with van der Waals surface area (Å²) in [5.74, 6) is 0.691. The zero-order chi connectivity index (χ0) is 14.7. The van der Waals surface area contributed by atoms with Gasteiger partial charge in [-0.1, -0.05) is 43.3 Å². The molecule has 1 unspecified atom stereocenters. The summed E-state index contributed by atoms with van der Waals surface area (Å²) in [6, 6.07) is 10.3. The normalized spacial score (nSPS) is 13.4. The molecule has 0 aliphatic heterocycles. The first-order valence-corrected chi connectivity index (χ1v) is 7.06. The number of allylic oxidation sites excluding steroid dienone is 1. The zero-order valence-electron chi connectivity index (χ0n) is 12.7. The van der Waals surface area contributed by atoms with Gasteiger partial charge in [-0.25, -0.2) is 0 Å². The van der Waals surface area contributed by atoms with E-state index in [9.17, 15) is 5.11 Å². The van der Waals surface area contributed by atoms with E-state index < -0.39 is 0 Å². The summed E-state index contributed by atoms with van der Waals surface area (Å²) < 4.78 is 0. The van der Waals surface area contributed by atoms with Crippen LogP contribution in [0.5, 0.6) is 5.75 Å². The topological polar surface area (TPSA) is 23.5 Å². The molecule has 0 heterocycles. The van der Waals surface area contributed by atoms with Gasteiger partial charge in [-0.2, -0.15) is 0 Å². The first-order chi connectivity index (χ1) is 9.54. The minimum atomic E-state index is 0.278. The van der Waals surface area contributed by atoms with Gasteiger partial charge in [0, 0.05) is 17.7 Å². The summed E-state index contributed by atoms with van der Waals surface area (Å²) in [7, 11) is 4.12. The highest BCUT2D eigenvalue weighted by Gasteiger charge is 2.17. The Kier molecular flexibility index (Phi) is 4.46. The Balaban J connectivity index is 2.68. The monoisotopic (exact) mass is 269 g/mol. The van der Waals surface area contributed by atoms with Gasteiger partial charge in [-0.05, 0) is 43.8 Å². The summed E-state index contributed by atoms with van der Waals surface area (Å²) in [4.78, 5) is 2.15. The van der Waals surface area contributed by atoms with Crippen LogP contribution in [0.15, 0.2) is 36.4 Å². The van der Waals surface area contributed by atoms with E-state index in [1.54, 1.807) is 0 Å². The van der Waals surface area contributed by atoms with E-state index in [-0.39, 0.29) is 5.92 Å². The number of nitrogens with zero attached hydrogens (tertiary/aromatic N) is 1. The fourth-order valence-corrected chi connectivity index (χ4v) is 2.83. The van der Waals surface area contributed by atoms with E-state index in [1.165, 1.54) is 5.39 Å². The van der Waals surface area contributed by atoms with Crippen molar-refractivity contribution < 1.29 is 5.11 Å². The molecule has 106 valence electrons. The van der Waals surface area contributed by atoms with Crippen LogP contribution in [0.1, 0.15) is 30.9 Å². The van der Waals surface area contributed by atoms with Crippen LogP contribution in [0, 0.1) is 0 Å². The van der Waals surface area contributed by atoms with E-state index in [1.807, 2.05) is 31.2 Å². The summed E-state index contributed by atoms with van der Waals surface area (Å²) in [6.45, 7) is 5.05. The van der Waals surface area contributed by atoms with Crippen molar-refractivity contribution in [2.24, 2.45) is 0 Å². The molecule has 0 spiro atoms. The molecule has 0 amide bonds. The number of hydrogen-bond donors (Lipinski definition) is 1. The smallest absolute Gasteiger partial charge is 0.126 e. The van der Waals surface area contributed by atoms with Gasteiger partial charge in [-0.3, -0.25) is 0 Å². The lowest BCUT2D eigenvalue weighted by Gasteiger charge is -2.21. The van der Waals surface area contributed by atoms with E-state index in [2.05, 4.69) is 44.1 Å². The second kappa shape index (κ2) is 6.10. The Hall–Kier alpha value is -1.80. The number of hydrogen-bond acceptors (Lipinski definition) is 2. The van der Waals surface area contributed by atoms with Crippen LogP contribution in [-0.4, -0.2) is 30.6 Å². The van der Waals surface area contributed by atoms with Crippen LogP contribution in [0.25, 0.3) is 16.8 Å². The van der Waals surface area contributed by atoms with Crippen LogP contribution in [0.3, 0.4) is 0 Å². The van der Waals surface area contributed by atoms with Crippen LogP contribution in [0.2, 0.25) is 0 Å². The molecule has 0 radical (unpaired) electrons. The molecule has 20 heavy (non-hydrogen) atoms. The Morgan fingerprint density at radius 2 is 1.95 bits per heavy atom. The Morgan fingerprint density at radius 1 is 1.25 bits per heavy atom. The molecule has 0 aliphatic carbocycles. The highest BCUT2D eigenvalue weighted by Crippen LogP contribution is 2.37. The van der Waals surface area contributed by atoms with Gasteiger partial charge in [0.1, 0.15) is 5.75 Å². The van der Waals surface area contributed by atoms with Crippen molar-refractivity contribution in [3.63, 3.8) is 0 Å². The summed E-state index contributed by atoms with van der Waals surface area (Å²) in [6.07, 6.45) is 3.93. The molecule has 1 atom stereocenters. The van der Waals surface area contributed by atoms with E-state index >= 15 is 0 Å². The fraction of sp³-hybridized carbons (Fsp3) is 0.333. The molecule has 1 N–H and O–H groups in total. The highest BCUT2D eigenvalue weighted by molar-refractivity contribution is 5.91. The molecular formula is C18H23NO. The third kappa shape index (κ3) is 2.86. The largest absolute Gasteiger partial charge is 0.507 e. The Bertz CT molecular complexity index is 629. The van der Waals surface area contributed by atoms with Gasteiger partial charge in [0.05, 0.1) is 0 Å². The lowest BCUT2D eigenvalue weighted by atomic mass is 9.90. The molecule has 0 saturated heterocycles. The molecule has 2 rings (SSSR count). The maximum Gasteiger partial charge on any atom is 0.126 e. The lowest BCUT2D eigenvalue weighted by Crippen LogP contribution is -2.18. The third-order valence-corrected chi connectivity index (χ3v) is 3.57. The number of benzene rings is 2. The average molecular weight is 269 g/mol. The minimum absolute atomic E-state index is 0.278. The van der Waals surface area contributed by atoms with E-state index in [0.29, 0.717) is 5.75 Å². The third-order valence-electron chi connectivity index (χ3n) is 3.57. The van der Waals surface area contributed by atoms with Crippen molar-refractivity contribution in [1.82, 2.24) is 4.90 Å². The second-order valence-electron chi connectivity index (χ2n) is 5.61. The molecule has 2 nitrogen and oxygen atoms in total. The fourth-order valence-electron chi connectivity index (χ4n) is 2.83. The van der Waals surface area contributed by atoms with Gasteiger partial charge >= 0.3 is 0 Å². The SMILES string of the molecule is CC=Cc1cc2ccccc2c(C(C)CN(C)C)c1O. The first-order valence-electron chi connectivity index (χ1n) is 7.06. The maximum atomic E-state index is 10.6. The van der Waals surface area contributed by atoms with E-state index in [0.717, 1.165) is 23.1 Å². The molecule has 0 fully saturated rings. The summed E-state index contributed by atoms with van der Waals surface area (Å²) >= 11 is 0. The zero-order valence-corrected chi connectivity index (χ0v) is 12.7. The van der Waals surface area contributed by atoms with Crippen molar-refractivity contribution in [2.75, 3.05) is 20.6 Å². The summed E-state index contributed by atoms with van der Waals surface area (Å²) in [5, 5.41) is 13.0. The Morgan fingerprint density at radius 3 is 2.60 bits per heavy atom. The van der Waals surface area contributed by atoms with Gasteiger partial charge in [0.15, 0.2) is 0 Å².